The Morgan fingerprint density at radius 2 is 1.89 bits per heavy atom. The van der Waals surface area contributed by atoms with E-state index in [-0.39, 0.29) is 17.1 Å². The molecule has 10 heteroatoms. The van der Waals surface area contributed by atoms with Gasteiger partial charge in [-0.25, -0.2) is 8.42 Å². The van der Waals surface area contributed by atoms with Gasteiger partial charge in [-0.2, -0.15) is 0 Å². The number of anilines is 2. The zero-order valence-corrected chi connectivity index (χ0v) is 16.7. The third-order valence-corrected chi connectivity index (χ3v) is 5.11. The normalized spacial score (nSPS) is 11.0. The van der Waals surface area contributed by atoms with E-state index >= 15 is 0 Å². The highest BCUT2D eigenvalue weighted by molar-refractivity contribution is 7.92. The van der Waals surface area contributed by atoms with Gasteiger partial charge in [-0.15, -0.1) is 0 Å². The highest BCUT2D eigenvalue weighted by Crippen LogP contribution is 2.33. The van der Waals surface area contributed by atoms with E-state index in [1.165, 1.54) is 19.2 Å². The van der Waals surface area contributed by atoms with Crippen molar-refractivity contribution < 1.29 is 22.9 Å². The van der Waals surface area contributed by atoms with Gasteiger partial charge in [-0.05, 0) is 31.5 Å². The number of ether oxygens (including phenoxy) is 1. The Balaban J connectivity index is 2.39. The fourth-order valence-corrected chi connectivity index (χ4v) is 3.49. The van der Waals surface area contributed by atoms with Crippen LogP contribution in [0.2, 0.25) is 0 Å². The van der Waals surface area contributed by atoms with E-state index < -0.39 is 27.4 Å². The van der Waals surface area contributed by atoms with Crippen LogP contribution in [0.5, 0.6) is 5.75 Å². The van der Waals surface area contributed by atoms with Crippen LogP contribution in [0.25, 0.3) is 0 Å². The fourth-order valence-electron chi connectivity index (χ4n) is 2.64. The smallest absolute Gasteiger partial charge is 0.271 e. The van der Waals surface area contributed by atoms with E-state index in [9.17, 15) is 23.3 Å². The van der Waals surface area contributed by atoms with Crippen molar-refractivity contribution in [2.45, 2.75) is 13.8 Å². The Morgan fingerprint density at radius 1 is 1.21 bits per heavy atom. The largest absolute Gasteiger partial charge is 0.495 e. The summed E-state index contributed by atoms with van der Waals surface area (Å²) in [4.78, 5) is 22.9. The van der Waals surface area contributed by atoms with Crippen LogP contribution in [-0.2, 0) is 14.8 Å². The molecule has 0 aliphatic rings. The number of non-ortho nitro benzene ring substituents is 1. The Bertz CT molecular complexity index is 1020. The molecule has 28 heavy (non-hydrogen) atoms. The zero-order chi connectivity index (χ0) is 21.1. The molecule has 0 fully saturated rings. The van der Waals surface area contributed by atoms with E-state index in [4.69, 9.17) is 4.74 Å². The average Bonchev–Trinajstić information content (AvgIpc) is 2.60. The van der Waals surface area contributed by atoms with Crippen molar-refractivity contribution in [2.24, 2.45) is 0 Å². The molecule has 0 aromatic heterocycles. The molecular weight excluding hydrogens is 386 g/mol. The SMILES string of the molecule is COc1ccc([N+](=O)[O-])cc1N(CC(=O)Nc1ccc(C)cc1C)S(C)(=O)=O. The van der Waals surface area contributed by atoms with Gasteiger partial charge in [0.1, 0.15) is 18.0 Å². The number of hydrogen-bond donors (Lipinski definition) is 1. The van der Waals surface area contributed by atoms with Crippen molar-refractivity contribution in [3.05, 3.63) is 57.6 Å². The highest BCUT2D eigenvalue weighted by atomic mass is 32.2. The minimum Gasteiger partial charge on any atom is -0.495 e. The summed E-state index contributed by atoms with van der Waals surface area (Å²) in [6.45, 7) is 3.17. The second kappa shape index (κ2) is 8.26. The number of aryl methyl sites for hydroxylation is 2. The first-order chi connectivity index (χ1) is 13.0. The molecule has 150 valence electrons. The number of amides is 1. The second-order valence-corrected chi connectivity index (χ2v) is 8.16. The molecule has 0 unspecified atom stereocenters. The van der Waals surface area contributed by atoms with Gasteiger partial charge in [0, 0.05) is 17.8 Å². The van der Waals surface area contributed by atoms with Crippen LogP contribution in [0, 0.1) is 24.0 Å². The zero-order valence-electron chi connectivity index (χ0n) is 15.9. The molecule has 0 saturated heterocycles. The van der Waals surface area contributed by atoms with Gasteiger partial charge in [0.15, 0.2) is 0 Å². The fraction of sp³-hybridized carbons (Fsp3) is 0.278. The van der Waals surface area contributed by atoms with Crippen LogP contribution < -0.4 is 14.4 Å². The molecule has 1 N–H and O–H groups in total. The minimum absolute atomic E-state index is 0.0880. The summed E-state index contributed by atoms with van der Waals surface area (Å²) in [6, 6.07) is 8.96. The number of nitro benzene ring substituents is 1. The lowest BCUT2D eigenvalue weighted by molar-refractivity contribution is -0.384. The van der Waals surface area contributed by atoms with E-state index in [1.54, 1.807) is 6.07 Å². The lowest BCUT2D eigenvalue weighted by Crippen LogP contribution is -2.37. The topological polar surface area (TPSA) is 119 Å². The molecule has 0 saturated carbocycles. The molecule has 0 aliphatic carbocycles. The summed E-state index contributed by atoms with van der Waals surface area (Å²) >= 11 is 0. The molecule has 2 aromatic rings. The van der Waals surface area contributed by atoms with Gasteiger partial charge >= 0.3 is 0 Å². The first-order valence-corrected chi connectivity index (χ1v) is 10.0. The van der Waals surface area contributed by atoms with Crippen LogP contribution in [0.3, 0.4) is 0 Å². The summed E-state index contributed by atoms with van der Waals surface area (Å²) in [5, 5.41) is 13.7. The van der Waals surface area contributed by atoms with Gasteiger partial charge < -0.3 is 10.1 Å². The van der Waals surface area contributed by atoms with Crippen LogP contribution in [-0.4, -0.2) is 39.2 Å². The summed E-state index contributed by atoms with van der Waals surface area (Å²) in [6.07, 6.45) is 0.912. The lowest BCUT2D eigenvalue weighted by atomic mass is 10.1. The number of nitrogens with one attached hydrogen (secondary N) is 1. The quantitative estimate of drug-likeness (QED) is 0.557. The van der Waals surface area contributed by atoms with Gasteiger partial charge in [0.25, 0.3) is 5.69 Å². The molecule has 2 aromatic carbocycles. The number of nitro groups is 1. The van der Waals surface area contributed by atoms with Crippen LogP contribution in [0.15, 0.2) is 36.4 Å². The molecule has 0 aliphatic heterocycles. The summed E-state index contributed by atoms with van der Waals surface area (Å²) < 4.78 is 30.5. The first kappa shape index (κ1) is 21.2. The molecular formula is C18H21N3O6S. The molecule has 0 atom stereocenters. The third kappa shape index (κ3) is 4.97. The number of carbonyl (C=O) groups is 1. The Kier molecular flexibility index (Phi) is 6.24. The Hall–Kier alpha value is -3.14. The number of rotatable bonds is 7. The van der Waals surface area contributed by atoms with Crippen molar-refractivity contribution >= 4 is 33.0 Å². The summed E-state index contributed by atoms with van der Waals surface area (Å²) in [5.74, 6) is -0.499. The number of hydrogen-bond acceptors (Lipinski definition) is 6. The predicted octanol–water partition coefficient (Wildman–Crippen LogP) is 2.62. The van der Waals surface area contributed by atoms with Crippen molar-refractivity contribution in [1.82, 2.24) is 0 Å². The number of nitrogens with zero attached hydrogens (tertiary/aromatic N) is 2. The molecule has 1 amide bonds. The third-order valence-electron chi connectivity index (χ3n) is 3.99. The highest BCUT2D eigenvalue weighted by Gasteiger charge is 2.26. The second-order valence-electron chi connectivity index (χ2n) is 6.25. The number of methoxy groups -OCH3 is 1. The van der Waals surface area contributed by atoms with E-state index in [0.29, 0.717) is 5.69 Å². The van der Waals surface area contributed by atoms with Crippen LogP contribution >= 0.6 is 0 Å². The molecule has 9 nitrogen and oxygen atoms in total. The first-order valence-electron chi connectivity index (χ1n) is 8.20. The Morgan fingerprint density at radius 3 is 2.43 bits per heavy atom. The van der Waals surface area contributed by atoms with Crippen molar-refractivity contribution in [2.75, 3.05) is 29.5 Å². The monoisotopic (exact) mass is 407 g/mol. The van der Waals surface area contributed by atoms with Gasteiger partial charge in [0.2, 0.25) is 15.9 Å². The van der Waals surface area contributed by atoms with Crippen LogP contribution in [0.4, 0.5) is 17.1 Å². The maximum Gasteiger partial charge on any atom is 0.271 e. The summed E-state index contributed by atoms with van der Waals surface area (Å²) in [5.41, 5.74) is 1.99. The van der Waals surface area contributed by atoms with Gasteiger partial charge in [-0.1, -0.05) is 17.7 Å². The van der Waals surface area contributed by atoms with Gasteiger partial charge in [-0.3, -0.25) is 19.2 Å². The van der Waals surface area contributed by atoms with Crippen LogP contribution in [0.1, 0.15) is 11.1 Å². The molecule has 0 radical (unpaired) electrons. The van der Waals surface area contributed by atoms with E-state index in [1.807, 2.05) is 26.0 Å². The number of sulfonamides is 1. The minimum atomic E-state index is -3.93. The number of carbonyl (C=O) groups excluding carboxylic acids is 1. The number of benzene rings is 2. The molecule has 0 bridgehead atoms. The van der Waals surface area contributed by atoms with Crippen molar-refractivity contribution in [1.29, 1.82) is 0 Å². The predicted molar refractivity (Wildman–Crippen MR) is 106 cm³/mol. The van der Waals surface area contributed by atoms with Crippen molar-refractivity contribution in [3.63, 3.8) is 0 Å². The summed E-state index contributed by atoms with van der Waals surface area (Å²) in [7, 11) is -2.62. The standard InChI is InChI=1S/C18H21N3O6S/c1-12-5-7-15(13(2)9-12)19-18(22)11-20(28(4,25)26)16-10-14(21(23)24)6-8-17(16)27-3/h5-10H,11H2,1-4H3,(H,19,22). The van der Waals surface area contributed by atoms with E-state index in [2.05, 4.69) is 5.32 Å². The van der Waals surface area contributed by atoms with E-state index in [0.717, 1.165) is 27.8 Å². The molecule has 0 heterocycles. The average molecular weight is 407 g/mol. The molecule has 2 rings (SSSR count). The molecule has 0 spiro atoms. The maximum absolute atomic E-state index is 12.5. The van der Waals surface area contributed by atoms with Crippen molar-refractivity contribution in [3.8, 4) is 5.75 Å². The lowest BCUT2D eigenvalue weighted by Gasteiger charge is -2.23. The Labute approximate surface area is 163 Å². The van der Waals surface area contributed by atoms with Gasteiger partial charge in [0.05, 0.1) is 18.3 Å². The maximum atomic E-state index is 12.5.